The Morgan fingerprint density at radius 1 is 1.18 bits per heavy atom. The molecule has 1 aliphatic carbocycles. The first-order valence-electron chi connectivity index (χ1n) is 10.3. The minimum atomic E-state index is -0.472. The van der Waals surface area contributed by atoms with E-state index in [1.807, 2.05) is 0 Å². The number of carbonyl (C=O) groups excluding carboxylic acids is 1. The molecule has 0 bridgehead atoms. The molecule has 0 radical (unpaired) electrons. The Labute approximate surface area is 187 Å². The summed E-state index contributed by atoms with van der Waals surface area (Å²) in [7, 11) is 0. The normalized spacial score (nSPS) is 13.0. The lowest BCUT2D eigenvalue weighted by molar-refractivity contribution is -0.117. The van der Waals surface area contributed by atoms with Crippen molar-refractivity contribution >= 4 is 11.7 Å². The average Bonchev–Trinajstić information content (AvgIpc) is 3.58. The number of nitrogens with one attached hydrogen (secondary N) is 2. The van der Waals surface area contributed by atoms with Crippen molar-refractivity contribution in [3.8, 4) is 28.7 Å². The zero-order valence-corrected chi connectivity index (χ0v) is 17.6. The van der Waals surface area contributed by atoms with Gasteiger partial charge in [0.15, 0.2) is 11.6 Å². The van der Waals surface area contributed by atoms with Crippen molar-refractivity contribution in [3.05, 3.63) is 76.7 Å². The largest absolute Gasteiger partial charge is 0.455 e. The highest BCUT2D eigenvalue weighted by Crippen LogP contribution is 2.31. The van der Waals surface area contributed by atoms with E-state index < -0.39 is 5.69 Å². The summed E-state index contributed by atoms with van der Waals surface area (Å²) in [5.74, 6) is 1.66. The van der Waals surface area contributed by atoms with Gasteiger partial charge in [0.05, 0.1) is 5.69 Å². The number of benzene rings is 1. The number of rotatable bonds is 6. The van der Waals surface area contributed by atoms with Crippen LogP contribution in [0.5, 0.6) is 11.5 Å². The topological polar surface area (TPSA) is 115 Å². The van der Waals surface area contributed by atoms with Crippen molar-refractivity contribution < 1.29 is 13.9 Å². The highest BCUT2D eigenvalue weighted by molar-refractivity contribution is 5.93. The number of carbonyl (C=O) groups is 1. The number of pyridine rings is 2. The van der Waals surface area contributed by atoms with E-state index in [1.165, 1.54) is 24.3 Å². The first-order valence-corrected chi connectivity index (χ1v) is 10.3. The molecule has 3 aromatic heterocycles. The van der Waals surface area contributed by atoms with Gasteiger partial charge in [-0.05, 0) is 62.2 Å². The zero-order valence-electron chi connectivity index (χ0n) is 17.6. The zero-order chi connectivity index (χ0) is 22.9. The fourth-order valence-corrected chi connectivity index (χ4v) is 3.22. The molecule has 1 aliphatic rings. The van der Waals surface area contributed by atoms with Gasteiger partial charge in [-0.25, -0.2) is 19.2 Å². The SMILES string of the molecule is Cc1nc(-n2nc(-c3ccc(F)cc3)[nH]c2=O)ccc1Oc1ccnc(NC(=O)C2CC2)c1. The van der Waals surface area contributed by atoms with Gasteiger partial charge in [0.1, 0.15) is 23.1 Å². The molecule has 2 N–H and O–H groups in total. The average molecular weight is 446 g/mol. The third-order valence-electron chi connectivity index (χ3n) is 5.13. The van der Waals surface area contributed by atoms with E-state index in [0.717, 1.165) is 17.5 Å². The first kappa shape index (κ1) is 20.6. The van der Waals surface area contributed by atoms with E-state index >= 15 is 0 Å². The summed E-state index contributed by atoms with van der Waals surface area (Å²) < 4.78 is 20.2. The second-order valence-corrected chi connectivity index (χ2v) is 7.69. The van der Waals surface area contributed by atoms with Crippen LogP contribution in [0.4, 0.5) is 10.2 Å². The monoisotopic (exact) mass is 446 g/mol. The molecular weight excluding hydrogens is 427 g/mol. The van der Waals surface area contributed by atoms with Gasteiger partial charge in [-0.2, -0.15) is 4.68 Å². The molecule has 1 aromatic carbocycles. The number of aromatic amines is 1. The molecule has 0 saturated heterocycles. The summed E-state index contributed by atoms with van der Waals surface area (Å²) in [6.45, 7) is 1.74. The van der Waals surface area contributed by atoms with Crippen molar-refractivity contribution in [2.75, 3.05) is 5.32 Å². The maximum absolute atomic E-state index is 13.2. The third-order valence-corrected chi connectivity index (χ3v) is 5.13. The van der Waals surface area contributed by atoms with E-state index in [9.17, 15) is 14.0 Å². The quantitative estimate of drug-likeness (QED) is 0.468. The summed E-state index contributed by atoms with van der Waals surface area (Å²) in [5, 5.41) is 7.05. The molecule has 9 nitrogen and oxygen atoms in total. The van der Waals surface area contributed by atoms with E-state index in [4.69, 9.17) is 4.74 Å². The van der Waals surface area contributed by atoms with E-state index in [1.54, 1.807) is 37.4 Å². The van der Waals surface area contributed by atoms with Crippen LogP contribution in [-0.4, -0.2) is 30.6 Å². The van der Waals surface area contributed by atoms with Crippen LogP contribution in [0.15, 0.2) is 59.5 Å². The van der Waals surface area contributed by atoms with Gasteiger partial charge in [-0.3, -0.25) is 9.78 Å². The number of aryl methyl sites for hydroxylation is 1. The second kappa shape index (κ2) is 8.30. The van der Waals surface area contributed by atoms with Crippen LogP contribution in [0, 0.1) is 18.7 Å². The number of aromatic nitrogens is 5. The van der Waals surface area contributed by atoms with Gasteiger partial charge in [0.25, 0.3) is 0 Å². The van der Waals surface area contributed by atoms with Gasteiger partial charge in [0, 0.05) is 23.7 Å². The molecule has 1 amide bonds. The molecule has 0 spiro atoms. The Kier molecular flexibility index (Phi) is 5.17. The minimum absolute atomic E-state index is 0.0358. The van der Waals surface area contributed by atoms with Crippen LogP contribution in [0.1, 0.15) is 18.5 Å². The van der Waals surface area contributed by atoms with Gasteiger partial charge in [0.2, 0.25) is 5.91 Å². The van der Waals surface area contributed by atoms with Crippen LogP contribution in [-0.2, 0) is 4.79 Å². The van der Waals surface area contributed by atoms with Crippen LogP contribution < -0.4 is 15.7 Å². The molecule has 3 heterocycles. The molecule has 10 heteroatoms. The molecule has 0 unspecified atom stereocenters. The predicted molar refractivity (Wildman–Crippen MR) is 118 cm³/mol. The van der Waals surface area contributed by atoms with Gasteiger partial charge >= 0.3 is 5.69 Å². The second-order valence-electron chi connectivity index (χ2n) is 7.69. The molecular formula is C23H19FN6O3. The van der Waals surface area contributed by atoms with Crippen LogP contribution in [0.2, 0.25) is 0 Å². The van der Waals surface area contributed by atoms with Crippen molar-refractivity contribution in [1.82, 2.24) is 24.7 Å². The fourth-order valence-electron chi connectivity index (χ4n) is 3.22. The summed E-state index contributed by atoms with van der Waals surface area (Å²) in [4.78, 5) is 35.6. The van der Waals surface area contributed by atoms with E-state index in [0.29, 0.717) is 40.2 Å². The number of ether oxygens (including phenoxy) is 1. The van der Waals surface area contributed by atoms with Crippen molar-refractivity contribution in [2.45, 2.75) is 19.8 Å². The lowest BCUT2D eigenvalue weighted by Crippen LogP contribution is -2.17. The minimum Gasteiger partial charge on any atom is -0.455 e. The molecule has 0 atom stereocenters. The van der Waals surface area contributed by atoms with Crippen LogP contribution in [0.3, 0.4) is 0 Å². The van der Waals surface area contributed by atoms with E-state index in [2.05, 4.69) is 25.4 Å². The van der Waals surface area contributed by atoms with Crippen molar-refractivity contribution in [1.29, 1.82) is 0 Å². The molecule has 0 aliphatic heterocycles. The molecule has 33 heavy (non-hydrogen) atoms. The Morgan fingerprint density at radius 2 is 1.97 bits per heavy atom. The molecule has 1 saturated carbocycles. The highest BCUT2D eigenvalue weighted by atomic mass is 19.1. The number of H-pyrrole nitrogens is 1. The molecule has 4 aromatic rings. The van der Waals surface area contributed by atoms with Crippen molar-refractivity contribution in [3.63, 3.8) is 0 Å². The lowest BCUT2D eigenvalue weighted by atomic mass is 10.2. The molecule has 1 fully saturated rings. The van der Waals surface area contributed by atoms with Gasteiger partial charge < -0.3 is 10.1 Å². The summed E-state index contributed by atoms with van der Waals surface area (Å²) in [6, 6.07) is 12.3. The van der Waals surface area contributed by atoms with Crippen LogP contribution >= 0.6 is 0 Å². The standard InChI is InChI=1S/C23H19FN6O3/c1-13-18(33-17-10-11-25-19(12-17)27-22(31)15-2-3-15)8-9-20(26-13)30-23(32)28-21(29-30)14-4-6-16(24)7-5-14/h4-12,15H,2-3H2,1H3,(H,25,27,31)(H,28,29,32). The number of nitrogens with zero attached hydrogens (tertiary/aromatic N) is 4. The summed E-state index contributed by atoms with van der Waals surface area (Å²) >= 11 is 0. The van der Waals surface area contributed by atoms with Crippen molar-refractivity contribution in [2.24, 2.45) is 5.92 Å². The smallest absolute Gasteiger partial charge is 0.349 e. The number of amides is 1. The maximum atomic E-state index is 13.2. The number of halogens is 1. The van der Waals surface area contributed by atoms with Gasteiger partial charge in [-0.1, -0.05) is 0 Å². The highest BCUT2D eigenvalue weighted by Gasteiger charge is 2.29. The Hall–Kier alpha value is -4.34. The predicted octanol–water partition coefficient (Wildman–Crippen LogP) is 3.61. The number of hydrogen-bond acceptors (Lipinski definition) is 6. The fraction of sp³-hybridized carbons (Fsp3) is 0.174. The maximum Gasteiger partial charge on any atom is 0.349 e. The Balaban J connectivity index is 1.35. The molecule has 5 rings (SSSR count). The Morgan fingerprint density at radius 3 is 2.70 bits per heavy atom. The number of hydrogen-bond donors (Lipinski definition) is 2. The van der Waals surface area contributed by atoms with Gasteiger partial charge in [-0.15, -0.1) is 5.10 Å². The number of anilines is 1. The lowest BCUT2D eigenvalue weighted by Gasteiger charge is -2.10. The third kappa shape index (κ3) is 4.49. The Bertz CT molecular complexity index is 1390. The summed E-state index contributed by atoms with van der Waals surface area (Å²) in [5.41, 5.74) is 0.636. The van der Waals surface area contributed by atoms with Crippen LogP contribution in [0.25, 0.3) is 17.2 Å². The van der Waals surface area contributed by atoms with E-state index in [-0.39, 0.29) is 17.6 Å². The molecule has 166 valence electrons. The first-order chi connectivity index (χ1) is 16.0. The summed E-state index contributed by atoms with van der Waals surface area (Å²) in [6.07, 6.45) is 3.36.